The standard InChI is InChI=1S/C22H26F2N2O/c1-3-21(27)26(18-9-7-16(2)8-10-18)19-11-13-25(14-12-19)15-17-5-4-6-20(23)22(17)24/h4-10,19H,3,11-15H2,1-2H3. The average Bonchev–Trinajstić information content (AvgIpc) is 2.68. The molecule has 3 rings (SSSR count). The Morgan fingerprint density at radius 3 is 2.41 bits per heavy atom. The summed E-state index contributed by atoms with van der Waals surface area (Å²) in [4.78, 5) is 16.6. The summed E-state index contributed by atoms with van der Waals surface area (Å²) in [5, 5.41) is 0. The second-order valence-electron chi connectivity index (χ2n) is 7.17. The summed E-state index contributed by atoms with van der Waals surface area (Å²) in [6, 6.07) is 12.5. The van der Waals surface area contributed by atoms with Gasteiger partial charge in [-0.1, -0.05) is 36.8 Å². The van der Waals surface area contributed by atoms with Gasteiger partial charge in [0.2, 0.25) is 5.91 Å². The number of aryl methyl sites for hydroxylation is 1. The molecule has 0 bridgehead atoms. The Kier molecular flexibility index (Phi) is 6.22. The van der Waals surface area contributed by atoms with Crippen molar-refractivity contribution < 1.29 is 13.6 Å². The van der Waals surface area contributed by atoms with Crippen LogP contribution in [0.4, 0.5) is 14.5 Å². The maximum Gasteiger partial charge on any atom is 0.226 e. The lowest BCUT2D eigenvalue weighted by Gasteiger charge is -2.38. The molecular weight excluding hydrogens is 346 g/mol. The van der Waals surface area contributed by atoms with E-state index in [1.165, 1.54) is 0 Å². The third kappa shape index (κ3) is 4.53. The Balaban J connectivity index is 1.67. The first-order valence-electron chi connectivity index (χ1n) is 9.53. The number of benzene rings is 2. The van der Waals surface area contributed by atoms with Gasteiger partial charge in [0.1, 0.15) is 0 Å². The van der Waals surface area contributed by atoms with E-state index in [4.69, 9.17) is 0 Å². The number of anilines is 1. The third-order valence-corrected chi connectivity index (χ3v) is 5.23. The number of piperidine rings is 1. The highest BCUT2D eigenvalue weighted by atomic mass is 19.2. The number of rotatable bonds is 5. The molecule has 0 aliphatic carbocycles. The molecule has 3 nitrogen and oxygen atoms in total. The fraction of sp³-hybridized carbons (Fsp3) is 0.409. The molecule has 0 saturated carbocycles. The topological polar surface area (TPSA) is 23.6 Å². The maximum atomic E-state index is 13.9. The molecule has 1 aliphatic rings. The van der Waals surface area contributed by atoms with E-state index in [0.29, 0.717) is 18.5 Å². The van der Waals surface area contributed by atoms with Gasteiger partial charge in [-0.25, -0.2) is 8.78 Å². The highest BCUT2D eigenvalue weighted by Crippen LogP contribution is 2.26. The smallest absolute Gasteiger partial charge is 0.226 e. The molecular formula is C22H26F2N2O. The van der Waals surface area contributed by atoms with E-state index < -0.39 is 11.6 Å². The Labute approximate surface area is 159 Å². The summed E-state index contributed by atoms with van der Waals surface area (Å²) < 4.78 is 27.3. The predicted molar refractivity (Wildman–Crippen MR) is 104 cm³/mol. The number of likely N-dealkylation sites (tertiary alicyclic amines) is 1. The van der Waals surface area contributed by atoms with E-state index in [1.54, 1.807) is 12.1 Å². The van der Waals surface area contributed by atoms with E-state index in [1.807, 2.05) is 43.0 Å². The van der Waals surface area contributed by atoms with Crippen molar-refractivity contribution >= 4 is 11.6 Å². The van der Waals surface area contributed by atoms with Crippen molar-refractivity contribution in [3.05, 3.63) is 65.2 Å². The second kappa shape index (κ2) is 8.61. The van der Waals surface area contributed by atoms with Crippen LogP contribution in [-0.2, 0) is 11.3 Å². The lowest BCUT2D eigenvalue weighted by atomic mass is 10.0. The Hall–Kier alpha value is -2.27. The molecule has 1 aliphatic heterocycles. The van der Waals surface area contributed by atoms with Crippen molar-refractivity contribution in [1.29, 1.82) is 0 Å². The SMILES string of the molecule is CCC(=O)N(c1ccc(C)cc1)C1CCN(Cc2cccc(F)c2F)CC1. The van der Waals surface area contributed by atoms with Crippen LogP contribution in [0.25, 0.3) is 0 Å². The number of nitrogens with zero attached hydrogens (tertiary/aromatic N) is 2. The molecule has 1 fully saturated rings. The predicted octanol–water partition coefficient (Wildman–Crippen LogP) is 4.68. The normalized spacial score (nSPS) is 15.7. The van der Waals surface area contributed by atoms with Crippen molar-refractivity contribution in [2.24, 2.45) is 0 Å². The Bertz CT molecular complexity index is 783. The summed E-state index contributed by atoms with van der Waals surface area (Å²) in [7, 11) is 0. The van der Waals surface area contributed by atoms with Crippen LogP contribution >= 0.6 is 0 Å². The van der Waals surface area contributed by atoms with Crippen LogP contribution in [0.3, 0.4) is 0 Å². The minimum atomic E-state index is -0.804. The molecule has 0 atom stereocenters. The van der Waals surface area contributed by atoms with Crippen LogP contribution in [-0.4, -0.2) is 29.9 Å². The minimum absolute atomic E-state index is 0.119. The van der Waals surface area contributed by atoms with E-state index in [-0.39, 0.29) is 11.9 Å². The Morgan fingerprint density at radius 2 is 1.78 bits per heavy atom. The van der Waals surface area contributed by atoms with Gasteiger partial charge < -0.3 is 4.90 Å². The summed E-state index contributed by atoms with van der Waals surface area (Å²) in [6.07, 6.45) is 2.09. The first-order chi connectivity index (χ1) is 13.0. The molecule has 2 aromatic rings. The lowest BCUT2D eigenvalue weighted by molar-refractivity contribution is -0.119. The van der Waals surface area contributed by atoms with E-state index in [2.05, 4.69) is 4.90 Å². The monoisotopic (exact) mass is 372 g/mol. The highest BCUT2D eigenvalue weighted by Gasteiger charge is 2.28. The zero-order valence-corrected chi connectivity index (χ0v) is 15.9. The van der Waals surface area contributed by atoms with E-state index in [0.717, 1.165) is 43.2 Å². The van der Waals surface area contributed by atoms with Gasteiger partial charge in [-0.3, -0.25) is 9.69 Å². The first kappa shape index (κ1) is 19.5. The van der Waals surface area contributed by atoms with Crippen LogP contribution in [0.15, 0.2) is 42.5 Å². The van der Waals surface area contributed by atoms with Crippen LogP contribution in [0.1, 0.15) is 37.3 Å². The molecule has 0 radical (unpaired) electrons. The average molecular weight is 372 g/mol. The number of carbonyl (C=O) groups excluding carboxylic acids is 1. The summed E-state index contributed by atoms with van der Waals surface area (Å²) in [5.41, 5.74) is 2.48. The van der Waals surface area contributed by atoms with Crippen LogP contribution < -0.4 is 4.90 Å². The van der Waals surface area contributed by atoms with Gasteiger partial charge in [0.05, 0.1) is 0 Å². The van der Waals surface area contributed by atoms with Crippen molar-refractivity contribution in [3.63, 3.8) is 0 Å². The molecule has 0 spiro atoms. The van der Waals surface area contributed by atoms with E-state index in [9.17, 15) is 13.6 Å². The van der Waals surface area contributed by atoms with E-state index >= 15 is 0 Å². The van der Waals surface area contributed by atoms with Crippen molar-refractivity contribution in [3.8, 4) is 0 Å². The lowest BCUT2D eigenvalue weighted by Crippen LogP contribution is -2.47. The largest absolute Gasteiger partial charge is 0.309 e. The second-order valence-corrected chi connectivity index (χ2v) is 7.17. The number of carbonyl (C=O) groups is 1. The van der Waals surface area contributed by atoms with Crippen LogP contribution in [0, 0.1) is 18.6 Å². The number of hydrogen-bond acceptors (Lipinski definition) is 2. The summed E-state index contributed by atoms with van der Waals surface area (Å²) in [6.45, 7) is 5.80. The molecule has 1 saturated heterocycles. The zero-order valence-electron chi connectivity index (χ0n) is 15.9. The fourth-order valence-corrected chi connectivity index (χ4v) is 3.68. The van der Waals surface area contributed by atoms with Gasteiger partial charge in [0.15, 0.2) is 11.6 Å². The highest BCUT2D eigenvalue weighted by molar-refractivity contribution is 5.93. The molecule has 1 amide bonds. The van der Waals surface area contributed by atoms with Crippen LogP contribution in [0.5, 0.6) is 0 Å². The maximum absolute atomic E-state index is 13.9. The molecule has 0 aromatic heterocycles. The zero-order chi connectivity index (χ0) is 19.4. The number of amides is 1. The molecule has 27 heavy (non-hydrogen) atoms. The quantitative estimate of drug-likeness (QED) is 0.761. The fourth-order valence-electron chi connectivity index (χ4n) is 3.68. The van der Waals surface area contributed by atoms with Crippen LogP contribution in [0.2, 0.25) is 0 Å². The minimum Gasteiger partial charge on any atom is -0.309 e. The summed E-state index contributed by atoms with van der Waals surface area (Å²) in [5.74, 6) is -1.45. The molecule has 0 N–H and O–H groups in total. The molecule has 5 heteroatoms. The van der Waals surface area contributed by atoms with Gasteiger partial charge >= 0.3 is 0 Å². The number of hydrogen-bond donors (Lipinski definition) is 0. The van der Waals surface area contributed by atoms with Gasteiger partial charge in [-0.2, -0.15) is 0 Å². The van der Waals surface area contributed by atoms with Gasteiger partial charge in [0, 0.05) is 43.3 Å². The third-order valence-electron chi connectivity index (χ3n) is 5.23. The molecule has 2 aromatic carbocycles. The van der Waals surface area contributed by atoms with Crippen molar-refractivity contribution in [1.82, 2.24) is 4.90 Å². The number of halogens is 2. The molecule has 144 valence electrons. The molecule has 1 heterocycles. The van der Waals surface area contributed by atoms with Crippen molar-refractivity contribution in [2.75, 3.05) is 18.0 Å². The first-order valence-corrected chi connectivity index (χ1v) is 9.53. The molecule has 0 unspecified atom stereocenters. The van der Waals surface area contributed by atoms with Gasteiger partial charge in [0.25, 0.3) is 0 Å². The van der Waals surface area contributed by atoms with Gasteiger partial charge in [-0.05, 0) is 38.0 Å². The van der Waals surface area contributed by atoms with Crippen molar-refractivity contribution in [2.45, 2.75) is 45.7 Å². The Morgan fingerprint density at radius 1 is 1.11 bits per heavy atom. The van der Waals surface area contributed by atoms with Gasteiger partial charge in [-0.15, -0.1) is 0 Å². The summed E-state index contributed by atoms with van der Waals surface area (Å²) >= 11 is 0.